The minimum atomic E-state index is -5.51. The first-order valence-corrected chi connectivity index (χ1v) is 21.4. The number of guanidine groups is 4. The number of carbonyl (C=O) groups excluding carboxylic acids is 6. The Bertz CT molecular complexity index is 3080. The summed E-state index contributed by atoms with van der Waals surface area (Å²) in [5.74, 6) is -12.6. The summed E-state index contributed by atoms with van der Waals surface area (Å²) in [6, 6.07) is 8.90. The lowest BCUT2D eigenvalue weighted by molar-refractivity contribution is -0.384. The summed E-state index contributed by atoms with van der Waals surface area (Å²) in [5, 5.41) is 42.0. The van der Waals surface area contributed by atoms with Crippen molar-refractivity contribution in [3.05, 3.63) is 105 Å². The summed E-state index contributed by atoms with van der Waals surface area (Å²) in [6.45, 7) is -1.11. The zero-order valence-electron chi connectivity index (χ0n) is 39.8. The predicted molar refractivity (Wildman–Crippen MR) is 262 cm³/mol. The van der Waals surface area contributed by atoms with E-state index in [1.54, 1.807) is 0 Å². The molecule has 0 bridgehead atoms. The van der Waals surface area contributed by atoms with Crippen LogP contribution in [0.25, 0.3) is 10.9 Å². The molecular formula is C40H46F6N22O11. The molecule has 0 fully saturated rings. The van der Waals surface area contributed by atoms with E-state index in [-0.39, 0.29) is 11.6 Å². The number of amides is 6. The van der Waals surface area contributed by atoms with Crippen molar-refractivity contribution in [2.75, 3.05) is 10.4 Å². The van der Waals surface area contributed by atoms with Crippen molar-refractivity contribution >= 4 is 87.2 Å². The number of hydrogen-bond donors (Lipinski definition) is 17. The number of pyridine rings is 1. The van der Waals surface area contributed by atoms with Gasteiger partial charge in [0.2, 0.25) is 36.8 Å². The van der Waals surface area contributed by atoms with Crippen LogP contribution in [0, 0.1) is 10.1 Å². The average Bonchev–Trinajstić information content (AvgIpc) is 3.37. The molecule has 0 radical (unpaired) electrons. The molecule has 0 aliphatic heterocycles. The van der Waals surface area contributed by atoms with E-state index in [9.17, 15) is 70.3 Å². The lowest BCUT2D eigenvalue weighted by Crippen LogP contribution is -2.58. The van der Waals surface area contributed by atoms with Crippen molar-refractivity contribution in [1.29, 1.82) is 0 Å². The molecule has 6 atom stereocenters. The molecule has 0 aliphatic carbocycles. The zero-order valence-corrected chi connectivity index (χ0v) is 39.8. The fourth-order valence-electron chi connectivity index (χ4n) is 6.72. The number of benzene rings is 3. The van der Waals surface area contributed by atoms with Crippen molar-refractivity contribution in [2.45, 2.75) is 55.8 Å². The molecule has 0 saturated heterocycles. The molecule has 424 valence electrons. The van der Waals surface area contributed by atoms with Crippen molar-refractivity contribution in [3.8, 4) is 0 Å². The standard InChI is InChI=1S/C40H46F6N22O11/c41-39(42,43)19-8-4-7-18-20(12-21(40(44,45)46)56-23(18)19)67(13-14-9-16(66-79-78)11-17(10-14)68(76)77)34(75)33(74)57-22(15-5-2-1-3-6-15)29(70)59-26(63-36(50)51)31(72)61-28(65-38(54)55)32(73)60-27(64-37(52)53)30(71)58-25(24(47)69)62-35(48)49/h1-12,22,25-28,34,66,75,78H,13H2,(H2,47,69)(H,57,74)(H,58,71)(H,59,70)(H,60,73)(H,61,72)(H4,48,49,62)(H4,50,51,63)(H4,52,53,64)(H4,54,55,65). The summed E-state index contributed by atoms with van der Waals surface area (Å²) < 4.78 is 86.6. The molecule has 4 rings (SSSR count). The Morgan fingerprint density at radius 3 is 1.59 bits per heavy atom. The van der Waals surface area contributed by atoms with Crippen LogP contribution in [-0.4, -0.2) is 110 Å². The number of nitro benzene ring substituents is 1. The number of aliphatic hydroxyl groups is 1. The predicted octanol–water partition coefficient (Wildman–Crippen LogP) is -4.47. The molecule has 1 heterocycles. The van der Waals surface area contributed by atoms with Gasteiger partial charge in [-0.2, -0.15) is 26.3 Å². The third-order valence-corrected chi connectivity index (χ3v) is 9.88. The minimum Gasteiger partial charge on any atom is -0.370 e. The quantitative estimate of drug-likeness (QED) is 0.00633. The highest BCUT2D eigenvalue weighted by Crippen LogP contribution is 2.41. The van der Waals surface area contributed by atoms with Crippen LogP contribution in [0.1, 0.15) is 28.4 Å². The second-order valence-electron chi connectivity index (χ2n) is 15.7. The van der Waals surface area contributed by atoms with E-state index in [0.717, 1.165) is 30.3 Å². The van der Waals surface area contributed by atoms with E-state index in [2.05, 4.69) is 35.3 Å². The number of nitro groups is 1. The zero-order chi connectivity index (χ0) is 59.3. The molecule has 6 unspecified atom stereocenters. The molecule has 0 saturated carbocycles. The van der Waals surface area contributed by atoms with Crippen LogP contribution in [0.2, 0.25) is 0 Å². The Hall–Kier alpha value is -10.6. The molecule has 4 aromatic rings. The van der Waals surface area contributed by atoms with Gasteiger partial charge in [0.05, 0.1) is 27.4 Å². The molecule has 1 aromatic heterocycles. The van der Waals surface area contributed by atoms with Gasteiger partial charge in [-0.05, 0) is 29.3 Å². The number of primary amides is 1. The maximum Gasteiger partial charge on any atom is 0.433 e. The van der Waals surface area contributed by atoms with Gasteiger partial charge in [0.25, 0.3) is 35.2 Å². The molecule has 33 nitrogen and oxygen atoms in total. The Kier molecular flexibility index (Phi) is 19.9. The third kappa shape index (κ3) is 17.0. The second-order valence-corrected chi connectivity index (χ2v) is 15.7. The van der Waals surface area contributed by atoms with Gasteiger partial charge in [0, 0.05) is 24.1 Å². The number of para-hydroxylation sites is 1. The number of aliphatic imine (C=N–C) groups is 4. The number of halogens is 6. The monoisotopic (exact) mass is 1120 g/mol. The number of carbonyl (C=O) groups is 6. The number of hydrogen-bond acceptors (Lipinski definition) is 18. The second kappa shape index (κ2) is 25.8. The molecule has 0 aliphatic rings. The van der Waals surface area contributed by atoms with Gasteiger partial charge in [-0.25, -0.2) is 35.7 Å². The molecular weight excluding hydrogens is 1080 g/mol. The van der Waals surface area contributed by atoms with Gasteiger partial charge in [-0.15, -0.1) is 4.99 Å². The van der Waals surface area contributed by atoms with E-state index in [1.165, 1.54) is 30.3 Å². The summed E-state index contributed by atoms with van der Waals surface area (Å²) in [4.78, 5) is 113. The largest absolute Gasteiger partial charge is 0.433 e. The lowest BCUT2D eigenvalue weighted by Gasteiger charge is -2.32. The van der Waals surface area contributed by atoms with Crippen molar-refractivity contribution < 1.29 is 75.4 Å². The highest BCUT2D eigenvalue weighted by atomic mass is 19.4. The smallest absolute Gasteiger partial charge is 0.370 e. The Morgan fingerprint density at radius 2 is 1.14 bits per heavy atom. The van der Waals surface area contributed by atoms with Crippen LogP contribution >= 0.6 is 0 Å². The SMILES string of the molecule is NC(=O)C(N=C(N)N)NC(=O)C(N=C(N)N)NC(=O)C(N=C(N)N)NC(=O)C(N=C(N)N)NC(=O)C(NC(=O)C(O)N(Cc1cc(NOO)cc([N+](=O)[O-])c1)c1cc(C(F)(F)F)nc2c(C(F)(F)F)cccc12)c1ccccc1. The molecule has 39 heteroatoms. The van der Waals surface area contributed by atoms with Crippen molar-refractivity contribution in [2.24, 2.45) is 71.6 Å². The summed E-state index contributed by atoms with van der Waals surface area (Å²) >= 11 is 0. The highest BCUT2D eigenvalue weighted by Gasteiger charge is 2.40. The number of alkyl halides is 6. The maximum atomic E-state index is 14.5. The van der Waals surface area contributed by atoms with Crippen molar-refractivity contribution in [1.82, 2.24) is 31.6 Å². The lowest BCUT2D eigenvalue weighted by atomic mass is 10.0. The van der Waals surface area contributed by atoms with E-state index in [0.29, 0.717) is 11.0 Å². The first kappa shape index (κ1) is 61.0. The third-order valence-electron chi connectivity index (χ3n) is 9.88. The minimum absolute atomic E-state index is 0.159. The first-order chi connectivity index (χ1) is 36.8. The molecule has 6 amide bonds. The summed E-state index contributed by atoms with van der Waals surface area (Å²) in [6.07, 6.45) is -22.7. The van der Waals surface area contributed by atoms with Gasteiger partial charge in [0.1, 0.15) is 11.7 Å². The topological polar surface area (TPSA) is 567 Å². The number of nitrogens with zero attached hydrogens (tertiary/aromatic N) is 7. The van der Waals surface area contributed by atoms with Gasteiger partial charge < -0.3 is 88.2 Å². The van der Waals surface area contributed by atoms with Crippen LogP contribution in [0.3, 0.4) is 0 Å². The van der Waals surface area contributed by atoms with E-state index < -0.39 is 165 Å². The summed E-state index contributed by atoms with van der Waals surface area (Å²) in [5.41, 5.74) is 42.5. The molecule has 26 N–H and O–H groups in total. The average molecular weight is 1120 g/mol. The van der Waals surface area contributed by atoms with Gasteiger partial charge in [-0.1, -0.05) is 42.5 Å². The Labute approximate surface area is 436 Å². The molecule has 79 heavy (non-hydrogen) atoms. The van der Waals surface area contributed by atoms with Gasteiger partial charge >= 0.3 is 12.4 Å². The maximum absolute atomic E-state index is 14.5. The van der Waals surface area contributed by atoms with Crippen LogP contribution < -0.4 is 88.6 Å². The number of anilines is 2. The van der Waals surface area contributed by atoms with Gasteiger partial charge in [0.15, 0.2) is 23.8 Å². The normalized spacial score (nSPS) is 13.5. The molecule has 3 aromatic carbocycles. The number of nitrogens with one attached hydrogen (secondary N) is 6. The fraction of sp³-hybridized carbons (Fsp3) is 0.225. The number of aromatic nitrogens is 1. The number of rotatable bonds is 23. The van der Waals surface area contributed by atoms with Gasteiger partial charge in [-0.3, -0.25) is 38.9 Å². The van der Waals surface area contributed by atoms with Crippen LogP contribution in [0.15, 0.2) is 92.8 Å². The number of nitrogens with two attached hydrogens (primary N) is 9. The number of non-ortho nitro benzene ring substituents is 1. The van der Waals surface area contributed by atoms with E-state index in [4.69, 9.17) is 56.9 Å². The number of aliphatic hydroxyl groups excluding tert-OH is 1. The van der Waals surface area contributed by atoms with E-state index in [1.807, 2.05) is 26.7 Å². The van der Waals surface area contributed by atoms with Crippen LogP contribution in [0.4, 0.5) is 43.4 Å². The molecule has 0 spiro atoms. The fourth-order valence-corrected chi connectivity index (χ4v) is 6.72. The summed E-state index contributed by atoms with van der Waals surface area (Å²) in [7, 11) is 0. The Morgan fingerprint density at radius 1 is 0.646 bits per heavy atom. The van der Waals surface area contributed by atoms with Crippen LogP contribution in [0.5, 0.6) is 0 Å². The first-order valence-electron chi connectivity index (χ1n) is 21.4. The van der Waals surface area contributed by atoms with E-state index >= 15 is 0 Å². The Balaban J connectivity index is 1.81. The number of fused-ring (bicyclic) bond motifs is 1. The van der Waals surface area contributed by atoms with Crippen molar-refractivity contribution in [3.63, 3.8) is 0 Å². The van der Waals surface area contributed by atoms with Crippen LogP contribution in [-0.2, 0) is 52.7 Å². The highest BCUT2D eigenvalue weighted by molar-refractivity contribution is 6.00.